The second kappa shape index (κ2) is 7.96. The number of thiophene rings is 1. The molecule has 6 heteroatoms. The minimum absolute atomic E-state index is 0.131. The van der Waals surface area contributed by atoms with Crippen LogP contribution in [-0.2, 0) is 19.4 Å². The summed E-state index contributed by atoms with van der Waals surface area (Å²) in [7, 11) is 0. The summed E-state index contributed by atoms with van der Waals surface area (Å²) in [5, 5.41) is 11.5. The number of hydrogen-bond donors (Lipinski definition) is 1. The number of aliphatic hydroxyl groups is 1. The average molecular weight is 417 g/mol. The Bertz CT molecular complexity index is 983. The summed E-state index contributed by atoms with van der Waals surface area (Å²) in [4.78, 5) is 21.7. The van der Waals surface area contributed by atoms with Gasteiger partial charge in [0.2, 0.25) is 0 Å². The van der Waals surface area contributed by atoms with Crippen molar-refractivity contribution in [1.82, 2.24) is 9.55 Å². The third-order valence-electron chi connectivity index (χ3n) is 6.50. The molecule has 3 heterocycles. The lowest BCUT2D eigenvalue weighted by atomic mass is 9.96. The predicted octanol–water partition coefficient (Wildman–Crippen LogP) is 4.90. The van der Waals surface area contributed by atoms with Gasteiger partial charge in [0.25, 0.3) is 5.56 Å². The second-order valence-electron chi connectivity index (χ2n) is 8.35. The first-order valence-electron chi connectivity index (χ1n) is 10.8. The van der Waals surface area contributed by atoms with Crippen LogP contribution in [0.25, 0.3) is 15.1 Å². The summed E-state index contributed by atoms with van der Waals surface area (Å²) in [6, 6.07) is 0. The van der Waals surface area contributed by atoms with Gasteiger partial charge >= 0.3 is 0 Å². The van der Waals surface area contributed by atoms with Crippen molar-refractivity contribution >= 4 is 38.2 Å². The first-order valence-corrected chi connectivity index (χ1v) is 12.5. The Morgan fingerprint density at radius 1 is 1.07 bits per heavy atom. The van der Waals surface area contributed by atoms with E-state index in [1.807, 2.05) is 16.3 Å². The Hall–Kier alpha value is -1.11. The maximum atomic E-state index is 13.4. The lowest BCUT2D eigenvalue weighted by Gasteiger charge is -2.26. The molecule has 2 aromatic rings. The highest BCUT2D eigenvalue weighted by molar-refractivity contribution is 8.09. The number of aromatic nitrogens is 2. The standard InChI is InChI=1S/C22H28N2O2S2/c25-13-14-10-11-16-18-21(23-17-9-5-2-6-12-24(17)22(18)26)28-20(16)19(14)27-15-7-3-1-4-8-15/h15,25H,1-13H2. The summed E-state index contributed by atoms with van der Waals surface area (Å²) < 4.78 is 1.95. The van der Waals surface area contributed by atoms with E-state index in [1.54, 1.807) is 11.3 Å². The SMILES string of the molecule is O=c1c2c3c(sc2nc2n1CCCCC2)C(SC1CCCCC1)=C(CO)CC3. The third-order valence-corrected chi connectivity index (χ3v) is 9.31. The van der Waals surface area contributed by atoms with Gasteiger partial charge in [-0.2, -0.15) is 0 Å². The molecular formula is C22H28N2O2S2. The molecule has 1 fully saturated rings. The first kappa shape index (κ1) is 18.9. The molecule has 0 spiro atoms. The summed E-state index contributed by atoms with van der Waals surface area (Å²) in [6.07, 6.45) is 12.5. The van der Waals surface area contributed by atoms with Crippen molar-refractivity contribution in [3.63, 3.8) is 0 Å². The van der Waals surface area contributed by atoms with Gasteiger partial charge in [0.15, 0.2) is 0 Å². The molecule has 1 aliphatic heterocycles. The molecule has 5 rings (SSSR count). The predicted molar refractivity (Wildman–Crippen MR) is 118 cm³/mol. The number of thioether (sulfide) groups is 1. The number of aliphatic hydroxyl groups excluding tert-OH is 1. The lowest BCUT2D eigenvalue weighted by Crippen LogP contribution is -2.24. The molecule has 1 N–H and O–H groups in total. The molecule has 0 radical (unpaired) electrons. The highest BCUT2D eigenvalue weighted by Crippen LogP contribution is 2.48. The smallest absolute Gasteiger partial charge is 0.262 e. The number of nitrogens with zero attached hydrogens (tertiary/aromatic N) is 2. The molecule has 0 unspecified atom stereocenters. The summed E-state index contributed by atoms with van der Waals surface area (Å²) in [5.74, 6) is 0.974. The van der Waals surface area contributed by atoms with Crippen LogP contribution in [0.1, 0.15) is 74.1 Å². The minimum atomic E-state index is 0.131. The topological polar surface area (TPSA) is 55.1 Å². The van der Waals surface area contributed by atoms with E-state index in [-0.39, 0.29) is 12.2 Å². The molecule has 4 nitrogen and oxygen atoms in total. The Balaban J connectivity index is 1.62. The first-order chi connectivity index (χ1) is 13.8. The van der Waals surface area contributed by atoms with Gasteiger partial charge in [-0.15, -0.1) is 23.1 Å². The fourth-order valence-corrected chi connectivity index (χ4v) is 7.90. The van der Waals surface area contributed by atoms with Gasteiger partial charge in [0, 0.05) is 28.0 Å². The molecule has 0 atom stereocenters. The molecule has 0 amide bonds. The molecule has 150 valence electrons. The van der Waals surface area contributed by atoms with Gasteiger partial charge in [-0.3, -0.25) is 9.36 Å². The number of aryl methyl sites for hydroxylation is 2. The zero-order valence-corrected chi connectivity index (χ0v) is 18.0. The van der Waals surface area contributed by atoms with Crippen molar-refractivity contribution in [2.75, 3.05) is 6.61 Å². The van der Waals surface area contributed by atoms with E-state index in [0.29, 0.717) is 5.25 Å². The van der Waals surface area contributed by atoms with Gasteiger partial charge in [0.1, 0.15) is 10.7 Å². The molecule has 1 saturated carbocycles. The van der Waals surface area contributed by atoms with Crippen LogP contribution in [-0.4, -0.2) is 26.5 Å². The van der Waals surface area contributed by atoms with Crippen LogP contribution in [0.15, 0.2) is 10.4 Å². The van der Waals surface area contributed by atoms with E-state index in [4.69, 9.17) is 4.98 Å². The molecular weight excluding hydrogens is 388 g/mol. The fourth-order valence-electron chi connectivity index (χ4n) is 4.94. The van der Waals surface area contributed by atoms with Crippen LogP contribution in [0.2, 0.25) is 0 Å². The van der Waals surface area contributed by atoms with Crippen molar-refractivity contribution in [3.05, 3.63) is 32.2 Å². The van der Waals surface area contributed by atoms with Gasteiger partial charge < -0.3 is 5.11 Å². The molecule has 0 saturated heterocycles. The van der Waals surface area contributed by atoms with Crippen LogP contribution in [0.3, 0.4) is 0 Å². The highest BCUT2D eigenvalue weighted by atomic mass is 32.2. The Morgan fingerprint density at radius 2 is 1.89 bits per heavy atom. The largest absolute Gasteiger partial charge is 0.392 e. The van der Waals surface area contributed by atoms with Crippen LogP contribution >= 0.6 is 23.1 Å². The molecule has 3 aliphatic rings. The monoisotopic (exact) mass is 416 g/mol. The van der Waals surface area contributed by atoms with Crippen LogP contribution in [0.5, 0.6) is 0 Å². The average Bonchev–Trinajstić information content (AvgIpc) is 2.92. The van der Waals surface area contributed by atoms with Gasteiger partial charge in [-0.25, -0.2) is 4.98 Å². The van der Waals surface area contributed by atoms with Crippen LogP contribution in [0.4, 0.5) is 0 Å². The van der Waals surface area contributed by atoms with E-state index in [1.165, 1.54) is 53.9 Å². The molecule has 0 bridgehead atoms. The highest BCUT2D eigenvalue weighted by Gasteiger charge is 2.29. The van der Waals surface area contributed by atoms with Crippen molar-refractivity contribution in [1.29, 1.82) is 0 Å². The van der Waals surface area contributed by atoms with Gasteiger partial charge in [0.05, 0.1) is 12.0 Å². The van der Waals surface area contributed by atoms with Crippen molar-refractivity contribution in [2.45, 2.75) is 82.4 Å². The molecule has 28 heavy (non-hydrogen) atoms. The van der Waals surface area contributed by atoms with Gasteiger partial charge in [-0.05, 0) is 49.7 Å². The number of hydrogen-bond acceptors (Lipinski definition) is 5. The van der Waals surface area contributed by atoms with E-state index < -0.39 is 0 Å². The molecule has 2 aliphatic carbocycles. The van der Waals surface area contributed by atoms with E-state index in [0.717, 1.165) is 60.3 Å². The maximum absolute atomic E-state index is 13.4. The van der Waals surface area contributed by atoms with E-state index in [9.17, 15) is 9.90 Å². The normalized spacial score (nSPS) is 20.9. The summed E-state index contributed by atoms with van der Waals surface area (Å²) >= 11 is 3.66. The van der Waals surface area contributed by atoms with Crippen LogP contribution < -0.4 is 5.56 Å². The van der Waals surface area contributed by atoms with E-state index in [2.05, 4.69) is 0 Å². The zero-order chi connectivity index (χ0) is 19.1. The maximum Gasteiger partial charge on any atom is 0.262 e. The van der Waals surface area contributed by atoms with Gasteiger partial charge in [-0.1, -0.05) is 25.7 Å². The third kappa shape index (κ3) is 3.27. The summed E-state index contributed by atoms with van der Waals surface area (Å²) in [5.41, 5.74) is 2.54. The zero-order valence-electron chi connectivity index (χ0n) is 16.3. The van der Waals surface area contributed by atoms with Crippen molar-refractivity contribution in [2.24, 2.45) is 0 Å². The second-order valence-corrected chi connectivity index (χ2v) is 10.7. The molecule has 0 aromatic carbocycles. The van der Waals surface area contributed by atoms with Crippen molar-refractivity contribution < 1.29 is 5.11 Å². The Kier molecular flexibility index (Phi) is 5.37. The number of fused-ring (bicyclic) bond motifs is 4. The van der Waals surface area contributed by atoms with E-state index >= 15 is 0 Å². The fraction of sp³-hybridized carbons (Fsp3) is 0.636. The summed E-state index contributed by atoms with van der Waals surface area (Å²) in [6.45, 7) is 0.939. The molecule has 2 aromatic heterocycles. The number of rotatable bonds is 3. The lowest BCUT2D eigenvalue weighted by molar-refractivity contribution is 0.327. The van der Waals surface area contributed by atoms with Crippen molar-refractivity contribution in [3.8, 4) is 0 Å². The Morgan fingerprint density at radius 3 is 2.71 bits per heavy atom. The minimum Gasteiger partial charge on any atom is -0.392 e. The van der Waals surface area contributed by atoms with Crippen LogP contribution in [0, 0.1) is 0 Å². The Labute approximate surface area is 174 Å². The quantitative estimate of drug-likeness (QED) is 0.773.